The maximum atomic E-state index is 11.9. The van der Waals surface area contributed by atoms with Crippen LogP contribution in [0.25, 0.3) is 0 Å². The van der Waals surface area contributed by atoms with E-state index in [2.05, 4.69) is 26.6 Å². The molecule has 0 spiro atoms. The average molecular weight is 367 g/mol. The second kappa shape index (κ2) is 8.60. The molecule has 118 valence electrons. The lowest BCUT2D eigenvalue weighted by atomic mass is 10.3. The van der Waals surface area contributed by atoms with Crippen molar-refractivity contribution in [2.24, 2.45) is 0 Å². The molecule has 0 aliphatic rings. The van der Waals surface area contributed by atoms with E-state index < -0.39 is 0 Å². The van der Waals surface area contributed by atoms with E-state index >= 15 is 0 Å². The van der Waals surface area contributed by atoms with Crippen LogP contribution >= 0.6 is 15.9 Å². The van der Waals surface area contributed by atoms with Crippen molar-refractivity contribution in [3.63, 3.8) is 0 Å². The van der Waals surface area contributed by atoms with Gasteiger partial charge >= 0.3 is 0 Å². The SMILES string of the molecule is CNCCCNC(=O)c1ccc(COc2cccc(Br)c2)o1. The summed E-state index contributed by atoms with van der Waals surface area (Å²) in [6, 6.07) is 11.0. The minimum atomic E-state index is -0.204. The van der Waals surface area contributed by atoms with Gasteiger partial charge in [0, 0.05) is 11.0 Å². The maximum Gasteiger partial charge on any atom is 0.286 e. The van der Waals surface area contributed by atoms with E-state index in [0.29, 0.717) is 18.1 Å². The van der Waals surface area contributed by atoms with Gasteiger partial charge in [-0.25, -0.2) is 0 Å². The molecule has 2 N–H and O–H groups in total. The summed E-state index contributed by atoms with van der Waals surface area (Å²) in [5.41, 5.74) is 0. The van der Waals surface area contributed by atoms with Crippen LogP contribution in [0.3, 0.4) is 0 Å². The minimum absolute atomic E-state index is 0.204. The van der Waals surface area contributed by atoms with Gasteiger partial charge in [-0.15, -0.1) is 0 Å². The standard InChI is InChI=1S/C16H19BrN2O3/c1-18-8-3-9-19-16(20)15-7-6-14(22-15)11-21-13-5-2-4-12(17)10-13/h2,4-7,10,18H,3,8-9,11H2,1H3,(H,19,20). The average Bonchev–Trinajstić information content (AvgIpc) is 2.98. The van der Waals surface area contributed by atoms with Crippen LogP contribution in [0.1, 0.15) is 22.7 Å². The minimum Gasteiger partial charge on any atom is -0.486 e. The van der Waals surface area contributed by atoms with Crippen molar-refractivity contribution in [3.8, 4) is 5.75 Å². The van der Waals surface area contributed by atoms with E-state index in [9.17, 15) is 4.79 Å². The fourth-order valence-electron chi connectivity index (χ4n) is 1.84. The van der Waals surface area contributed by atoms with Gasteiger partial charge in [0.2, 0.25) is 0 Å². The Kier molecular flexibility index (Phi) is 6.48. The van der Waals surface area contributed by atoms with Crippen molar-refractivity contribution in [2.75, 3.05) is 20.1 Å². The van der Waals surface area contributed by atoms with Crippen molar-refractivity contribution in [3.05, 3.63) is 52.4 Å². The molecule has 2 aromatic rings. The van der Waals surface area contributed by atoms with Crippen LogP contribution in [0.15, 0.2) is 45.3 Å². The molecule has 1 heterocycles. The third-order valence-corrected chi connectivity index (χ3v) is 3.44. The van der Waals surface area contributed by atoms with Crippen molar-refractivity contribution in [2.45, 2.75) is 13.0 Å². The van der Waals surface area contributed by atoms with E-state index in [1.54, 1.807) is 12.1 Å². The summed E-state index contributed by atoms with van der Waals surface area (Å²) in [5, 5.41) is 5.84. The van der Waals surface area contributed by atoms with Gasteiger partial charge in [0.15, 0.2) is 5.76 Å². The van der Waals surface area contributed by atoms with E-state index in [1.807, 2.05) is 31.3 Å². The van der Waals surface area contributed by atoms with Crippen LogP contribution in [-0.4, -0.2) is 26.0 Å². The second-order valence-corrected chi connectivity index (χ2v) is 5.64. The zero-order valence-corrected chi connectivity index (χ0v) is 14.0. The second-order valence-electron chi connectivity index (χ2n) is 4.73. The summed E-state index contributed by atoms with van der Waals surface area (Å²) in [4.78, 5) is 11.9. The van der Waals surface area contributed by atoms with Crippen LogP contribution in [0.4, 0.5) is 0 Å². The van der Waals surface area contributed by atoms with Gasteiger partial charge in [-0.05, 0) is 50.3 Å². The molecular formula is C16H19BrN2O3. The molecule has 1 aromatic heterocycles. The third-order valence-electron chi connectivity index (χ3n) is 2.95. The van der Waals surface area contributed by atoms with Gasteiger partial charge in [-0.3, -0.25) is 4.79 Å². The highest BCUT2D eigenvalue weighted by molar-refractivity contribution is 9.10. The molecule has 0 aliphatic heterocycles. The van der Waals surface area contributed by atoms with Crippen LogP contribution in [0.5, 0.6) is 5.75 Å². The number of hydrogen-bond donors (Lipinski definition) is 2. The largest absolute Gasteiger partial charge is 0.486 e. The Labute approximate surface area is 138 Å². The number of carbonyl (C=O) groups excluding carboxylic acids is 1. The summed E-state index contributed by atoms with van der Waals surface area (Å²) in [5.74, 6) is 1.45. The smallest absolute Gasteiger partial charge is 0.286 e. The lowest BCUT2D eigenvalue weighted by molar-refractivity contribution is 0.0921. The molecule has 6 heteroatoms. The molecule has 0 radical (unpaired) electrons. The zero-order valence-electron chi connectivity index (χ0n) is 12.4. The summed E-state index contributed by atoms with van der Waals surface area (Å²) < 4.78 is 12.1. The Morgan fingerprint density at radius 3 is 2.91 bits per heavy atom. The number of rotatable bonds is 8. The molecule has 1 aromatic carbocycles. The fourth-order valence-corrected chi connectivity index (χ4v) is 2.22. The first kappa shape index (κ1) is 16.6. The lowest BCUT2D eigenvalue weighted by Crippen LogP contribution is -2.26. The summed E-state index contributed by atoms with van der Waals surface area (Å²) >= 11 is 3.39. The molecule has 0 saturated heterocycles. The molecule has 0 bridgehead atoms. The molecule has 0 fully saturated rings. The van der Waals surface area contributed by atoms with Crippen LogP contribution in [0.2, 0.25) is 0 Å². The molecular weight excluding hydrogens is 348 g/mol. The van der Waals surface area contributed by atoms with Gasteiger partial charge in [-0.1, -0.05) is 22.0 Å². The number of furan rings is 1. The molecule has 0 atom stereocenters. The van der Waals surface area contributed by atoms with Crippen LogP contribution in [0, 0.1) is 0 Å². The highest BCUT2D eigenvalue weighted by atomic mass is 79.9. The number of benzene rings is 1. The van der Waals surface area contributed by atoms with Gasteiger partial charge in [-0.2, -0.15) is 0 Å². The van der Waals surface area contributed by atoms with E-state index in [1.165, 1.54) is 0 Å². The number of nitrogens with one attached hydrogen (secondary N) is 2. The highest BCUT2D eigenvalue weighted by Crippen LogP contribution is 2.19. The summed E-state index contributed by atoms with van der Waals surface area (Å²) in [7, 11) is 1.88. The maximum absolute atomic E-state index is 11.9. The molecule has 2 rings (SSSR count). The first-order valence-electron chi connectivity index (χ1n) is 7.09. The molecule has 5 nitrogen and oxygen atoms in total. The summed E-state index contributed by atoms with van der Waals surface area (Å²) in [6.07, 6.45) is 0.877. The van der Waals surface area contributed by atoms with Gasteiger partial charge in [0.25, 0.3) is 5.91 Å². The van der Waals surface area contributed by atoms with E-state index in [0.717, 1.165) is 23.2 Å². The van der Waals surface area contributed by atoms with E-state index in [-0.39, 0.29) is 12.5 Å². The van der Waals surface area contributed by atoms with Gasteiger partial charge in [0.05, 0.1) is 0 Å². The Morgan fingerprint density at radius 2 is 2.14 bits per heavy atom. The molecule has 0 unspecified atom stereocenters. The van der Waals surface area contributed by atoms with Crippen LogP contribution in [-0.2, 0) is 6.61 Å². The monoisotopic (exact) mass is 366 g/mol. The Hall–Kier alpha value is -1.79. The molecule has 22 heavy (non-hydrogen) atoms. The number of carbonyl (C=O) groups is 1. The van der Waals surface area contributed by atoms with Crippen molar-refractivity contribution in [1.82, 2.24) is 10.6 Å². The van der Waals surface area contributed by atoms with E-state index in [4.69, 9.17) is 9.15 Å². The number of hydrogen-bond acceptors (Lipinski definition) is 4. The van der Waals surface area contributed by atoms with Crippen LogP contribution < -0.4 is 15.4 Å². The Morgan fingerprint density at radius 1 is 1.27 bits per heavy atom. The van der Waals surface area contributed by atoms with Crippen molar-refractivity contribution < 1.29 is 13.9 Å². The first-order chi connectivity index (χ1) is 10.7. The quantitative estimate of drug-likeness (QED) is 0.705. The van der Waals surface area contributed by atoms with Gasteiger partial charge in [0.1, 0.15) is 18.1 Å². The molecule has 1 amide bonds. The number of amides is 1. The molecule has 0 saturated carbocycles. The van der Waals surface area contributed by atoms with Crippen molar-refractivity contribution in [1.29, 1.82) is 0 Å². The fraction of sp³-hybridized carbons (Fsp3) is 0.312. The number of halogens is 1. The Balaban J connectivity index is 1.82. The first-order valence-corrected chi connectivity index (χ1v) is 7.88. The lowest BCUT2D eigenvalue weighted by Gasteiger charge is -2.04. The Bertz CT molecular complexity index is 613. The number of ether oxygens (including phenoxy) is 1. The topological polar surface area (TPSA) is 63.5 Å². The summed E-state index contributed by atoms with van der Waals surface area (Å²) in [6.45, 7) is 1.76. The van der Waals surface area contributed by atoms with Gasteiger partial charge < -0.3 is 19.8 Å². The normalized spacial score (nSPS) is 10.5. The predicted molar refractivity (Wildman–Crippen MR) is 88.1 cm³/mol. The van der Waals surface area contributed by atoms with Crippen molar-refractivity contribution >= 4 is 21.8 Å². The predicted octanol–water partition coefficient (Wildman–Crippen LogP) is 2.96. The third kappa shape index (κ3) is 5.20. The highest BCUT2D eigenvalue weighted by Gasteiger charge is 2.10. The zero-order chi connectivity index (χ0) is 15.8. The molecule has 0 aliphatic carbocycles.